The van der Waals surface area contributed by atoms with Gasteiger partial charge >= 0.3 is 12.0 Å². The molecule has 0 saturated carbocycles. The van der Waals surface area contributed by atoms with Crippen LogP contribution in [-0.2, 0) is 11.3 Å². The van der Waals surface area contributed by atoms with Crippen molar-refractivity contribution in [3.8, 4) is 0 Å². The molecule has 108 valence electrons. The van der Waals surface area contributed by atoms with Gasteiger partial charge in [-0.2, -0.15) is 0 Å². The number of amides is 3. The van der Waals surface area contributed by atoms with Crippen LogP contribution in [0, 0.1) is 5.82 Å². The lowest BCUT2D eigenvalue weighted by Crippen LogP contribution is -2.30. The zero-order valence-electron chi connectivity index (χ0n) is 10.6. The van der Waals surface area contributed by atoms with Crippen LogP contribution in [0.4, 0.5) is 9.18 Å². The second-order valence-corrected chi connectivity index (χ2v) is 5.52. The first kappa shape index (κ1) is 13.5. The maximum atomic E-state index is 14.0. The molecular weight excluding hydrogens is 299 g/mol. The number of rotatable bonds is 3. The number of imide groups is 1. The van der Waals surface area contributed by atoms with Gasteiger partial charge in [0.15, 0.2) is 0 Å². The van der Waals surface area contributed by atoms with E-state index in [0.717, 1.165) is 16.2 Å². The third-order valence-electron chi connectivity index (χ3n) is 3.21. The Morgan fingerprint density at radius 2 is 2.19 bits per heavy atom. The molecule has 6 nitrogen and oxygen atoms in total. The maximum absolute atomic E-state index is 14.0. The van der Waals surface area contributed by atoms with Gasteiger partial charge in [0, 0.05) is 15.6 Å². The highest BCUT2D eigenvalue weighted by atomic mass is 32.1. The van der Waals surface area contributed by atoms with E-state index in [2.05, 4.69) is 5.32 Å². The molecule has 1 aliphatic heterocycles. The van der Waals surface area contributed by atoms with Gasteiger partial charge in [0.1, 0.15) is 10.7 Å². The van der Waals surface area contributed by atoms with Crippen molar-refractivity contribution < 1.29 is 23.9 Å². The molecule has 8 heteroatoms. The lowest BCUT2D eigenvalue weighted by Gasteiger charge is -2.12. The second-order valence-electron chi connectivity index (χ2n) is 4.47. The van der Waals surface area contributed by atoms with Crippen molar-refractivity contribution in [1.82, 2.24) is 10.2 Å². The number of fused-ring (bicyclic) bond motifs is 1. The van der Waals surface area contributed by atoms with Crippen molar-refractivity contribution in [2.75, 3.05) is 6.54 Å². The quantitative estimate of drug-likeness (QED) is 0.846. The monoisotopic (exact) mass is 308 g/mol. The number of benzene rings is 1. The van der Waals surface area contributed by atoms with Crippen LogP contribution in [0.1, 0.15) is 15.2 Å². The van der Waals surface area contributed by atoms with Gasteiger partial charge in [-0.3, -0.25) is 9.69 Å². The number of carboxylic acid groups (broad SMARTS) is 1. The number of hydrogen-bond donors (Lipinski definition) is 2. The van der Waals surface area contributed by atoms with E-state index in [4.69, 9.17) is 0 Å². The number of carboxylic acids is 1. The van der Waals surface area contributed by atoms with E-state index in [1.165, 1.54) is 12.1 Å². The SMILES string of the molecule is O=C(O)c1sc2cccc(F)c2c1CN1C(=O)CNC1=O. The number of hydrogen-bond acceptors (Lipinski definition) is 4. The summed E-state index contributed by atoms with van der Waals surface area (Å²) in [6, 6.07) is 3.70. The number of halogens is 1. The molecule has 2 aromatic rings. The summed E-state index contributed by atoms with van der Waals surface area (Å²) in [5.74, 6) is -2.25. The van der Waals surface area contributed by atoms with E-state index in [1.54, 1.807) is 6.07 Å². The topological polar surface area (TPSA) is 86.7 Å². The van der Waals surface area contributed by atoms with Gasteiger partial charge in [0.2, 0.25) is 5.91 Å². The Labute approximate surface area is 121 Å². The number of nitrogens with one attached hydrogen (secondary N) is 1. The van der Waals surface area contributed by atoms with Crippen LogP contribution in [0.2, 0.25) is 0 Å². The number of nitrogens with zero attached hydrogens (tertiary/aromatic N) is 1. The molecule has 1 aromatic heterocycles. The van der Waals surface area contributed by atoms with Crippen molar-refractivity contribution in [3.63, 3.8) is 0 Å². The van der Waals surface area contributed by atoms with Crippen LogP contribution >= 0.6 is 11.3 Å². The summed E-state index contributed by atoms with van der Waals surface area (Å²) in [7, 11) is 0. The summed E-state index contributed by atoms with van der Waals surface area (Å²) in [5, 5.41) is 11.7. The third kappa shape index (κ3) is 2.13. The Bertz CT molecular complexity index is 770. The minimum Gasteiger partial charge on any atom is -0.477 e. The van der Waals surface area contributed by atoms with Gasteiger partial charge in [-0.1, -0.05) is 6.07 Å². The van der Waals surface area contributed by atoms with E-state index in [0.29, 0.717) is 4.70 Å². The molecule has 1 aromatic carbocycles. The molecule has 3 amide bonds. The lowest BCUT2D eigenvalue weighted by molar-refractivity contribution is -0.125. The smallest absolute Gasteiger partial charge is 0.346 e. The molecule has 0 atom stereocenters. The summed E-state index contributed by atoms with van der Waals surface area (Å²) in [5.41, 5.74) is 0.144. The second kappa shape index (κ2) is 4.81. The van der Waals surface area contributed by atoms with Crippen molar-refractivity contribution in [2.24, 2.45) is 0 Å². The van der Waals surface area contributed by atoms with Crippen molar-refractivity contribution in [3.05, 3.63) is 34.5 Å². The molecule has 2 N–H and O–H groups in total. The lowest BCUT2D eigenvalue weighted by atomic mass is 10.1. The summed E-state index contributed by atoms with van der Waals surface area (Å²) < 4.78 is 14.5. The van der Waals surface area contributed by atoms with Gasteiger partial charge in [0.25, 0.3) is 0 Å². The fourth-order valence-electron chi connectivity index (χ4n) is 2.26. The fraction of sp³-hybridized carbons (Fsp3) is 0.154. The molecule has 0 spiro atoms. The average molecular weight is 308 g/mol. The van der Waals surface area contributed by atoms with Crippen LogP contribution in [0.15, 0.2) is 18.2 Å². The molecule has 2 heterocycles. The largest absolute Gasteiger partial charge is 0.477 e. The first-order valence-electron chi connectivity index (χ1n) is 6.00. The highest BCUT2D eigenvalue weighted by Crippen LogP contribution is 2.34. The number of aromatic carboxylic acids is 1. The van der Waals surface area contributed by atoms with E-state index < -0.39 is 23.7 Å². The molecule has 0 unspecified atom stereocenters. The Balaban J connectivity index is 2.15. The van der Waals surface area contributed by atoms with E-state index in [1.807, 2.05) is 0 Å². The van der Waals surface area contributed by atoms with Crippen LogP contribution in [-0.4, -0.2) is 34.5 Å². The number of carbonyl (C=O) groups is 3. The molecule has 0 aliphatic carbocycles. The van der Waals surface area contributed by atoms with Gasteiger partial charge in [-0.15, -0.1) is 11.3 Å². The predicted octanol–water partition coefficient (Wildman–Crippen LogP) is 1.79. The Morgan fingerprint density at radius 1 is 1.43 bits per heavy atom. The average Bonchev–Trinajstić information content (AvgIpc) is 2.95. The standard InChI is InChI=1S/C13H9FN2O4S/c14-7-2-1-3-8-10(7)6(11(21-8)12(18)19)5-16-9(17)4-15-13(16)20/h1-3H,4-5H2,(H,15,20)(H,18,19). The van der Waals surface area contributed by atoms with Crippen LogP contribution in [0.3, 0.4) is 0 Å². The fourth-order valence-corrected chi connectivity index (χ4v) is 3.33. The zero-order valence-corrected chi connectivity index (χ0v) is 11.4. The summed E-state index contributed by atoms with van der Waals surface area (Å²) in [6.45, 7) is -0.390. The normalized spacial score (nSPS) is 14.8. The third-order valence-corrected chi connectivity index (χ3v) is 4.40. The first-order valence-corrected chi connectivity index (χ1v) is 6.82. The van der Waals surface area contributed by atoms with E-state index >= 15 is 0 Å². The molecule has 0 radical (unpaired) electrons. The summed E-state index contributed by atoms with van der Waals surface area (Å²) in [4.78, 5) is 35.3. The minimum absolute atomic E-state index is 0.0670. The van der Waals surface area contributed by atoms with Crippen molar-refractivity contribution >= 4 is 39.3 Å². The predicted molar refractivity (Wildman–Crippen MR) is 72.7 cm³/mol. The van der Waals surface area contributed by atoms with Gasteiger partial charge in [0.05, 0.1) is 13.1 Å². The van der Waals surface area contributed by atoms with Crippen molar-refractivity contribution in [2.45, 2.75) is 6.54 Å². The van der Waals surface area contributed by atoms with E-state index in [-0.39, 0.29) is 28.9 Å². The summed E-state index contributed by atoms with van der Waals surface area (Å²) >= 11 is 0.923. The highest BCUT2D eigenvalue weighted by molar-refractivity contribution is 7.21. The molecule has 1 aliphatic rings. The highest BCUT2D eigenvalue weighted by Gasteiger charge is 2.31. The number of thiophene rings is 1. The zero-order chi connectivity index (χ0) is 15.1. The van der Waals surface area contributed by atoms with Crippen molar-refractivity contribution in [1.29, 1.82) is 0 Å². The minimum atomic E-state index is -1.21. The van der Waals surface area contributed by atoms with Gasteiger partial charge < -0.3 is 10.4 Å². The molecule has 0 bridgehead atoms. The van der Waals surface area contributed by atoms with Crippen LogP contribution < -0.4 is 5.32 Å². The van der Waals surface area contributed by atoms with Crippen LogP contribution in [0.25, 0.3) is 10.1 Å². The molecule has 1 saturated heterocycles. The number of urea groups is 1. The number of carbonyl (C=O) groups excluding carboxylic acids is 2. The molecule has 1 fully saturated rings. The summed E-state index contributed by atoms with van der Waals surface area (Å²) in [6.07, 6.45) is 0. The van der Waals surface area contributed by atoms with Gasteiger partial charge in [-0.25, -0.2) is 14.0 Å². The Kier molecular flexibility index (Phi) is 3.09. The van der Waals surface area contributed by atoms with Crippen LogP contribution in [0.5, 0.6) is 0 Å². The molecule has 21 heavy (non-hydrogen) atoms. The Hall–Kier alpha value is -2.48. The molecular formula is C13H9FN2O4S. The molecule has 3 rings (SSSR count). The maximum Gasteiger partial charge on any atom is 0.346 e. The first-order chi connectivity index (χ1) is 9.99. The van der Waals surface area contributed by atoms with Gasteiger partial charge in [-0.05, 0) is 12.1 Å². The Morgan fingerprint density at radius 3 is 2.81 bits per heavy atom. The van der Waals surface area contributed by atoms with E-state index in [9.17, 15) is 23.9 Å².